The lowest BCUT2D eigenvalue weighted by atomic mass is 10.3. The van der Waals surface area contributed by atoms with E-state index in [4.69, 9.17) is 10.8 Å². The summed E-state index contributed by atoms with van der Waals surface area (Å²) in [5.41, 5.74) is 5.17. The van der Waals surface area contributed by atoms with Gasteiger partial charge >= 0.3 is 5.97 Å². The molecule has 0 aliphatic rings. The highest BCUT2D eigenvalue weighted by Gasteiger charge is 2.22. The summed E-state index contributed by atoms with van der Waals surface area (Å²) in [6.07, 6.45) is 0. The number of ketones is 1. The number of carbonyl (C=O) groups is 7. The molecule has 0 radical (unpaired) electrons. The number of Topliss-reactive ketones (excluding diaryl/α,β-unsaturated/α-hetero) is 1. The van der Waals surface area contributed by atoms with E-state index in [-0.39, 0.29) is 32.1 Å². The molecule has 0 aliphatic carbocycles. The maximum Gasteiger partial charge on any atom is 0.323 e. The standard InChI is InChI=1S/C17H29N7O8/c1-11(25)4-20-14(28)8-24(10-22-12(26)3-18)16(30)6-21-13(27)7-23(9-17(31)32)15(29)5-19-2/h19H,3-10,18H2,1-2H3,(H,20,28)(H,21,27)(H,22,26)(H,31,32). The van der Waals surface area contributed by atoms with Crippen molar-refractivity contribution in [2.24, 2.45) is 5.73 Å². The molecule has 15 heteroatoms. The molecule has 0 saturated heterocycles. The molecule has 0 rings (SSSR count). The van der Waals surface area contributed by atoms with Crippen LogP contribution in [-0.4, -0.2) is 116 Å². The maximum atomic E-state index is 12.4. The molecule has 0 saturated carbocycles. The summed E-state index contributed by atoms with van der Waals surface area (Å²) in [6.45, 7) is -2.35. The summed E-state index contributed by atoms with van der Waals surface area (Å²) < 4.78 is 0. The molecular formula is C17H29N7O8. The summed E-state index contributed by atoms with van der Waals surface area (Å²) in [6, 6.07) is 0. The van der Waals surface area contributed by atoms with Gasteiger partial charge in [0.25, 0.3) is 0 Å². The van der Waals surface area contributed by atoms with Gasteiger partial charge in [0, 0.05) is 0 Å². The summed E-state index contributed by atoms with van der Waals surface area (Å²) in [4.78, 5) is 83.2. The Hall–Kier alpha value is -3.59. The Labute approximate surface area is 184 Å². The van der Waals surface area contributed by atoms with Gasteiger partial charge in [-0.3, -0.25) is 33.6 Å². The van der Waals surface area contributed by atoms with E-state index in [2.05, 4.69) is 21.3 Å². The first kappa shape index (κ1) is 28.4. The molecule has 15 nitrogen and oxygen atoms in total. The van der Waals surface area contributed by atoms with Gasteiger partial charge in [0.05, 0.1) is 32.8 Å². The third-order valence-electron chi connectivity index (χ3n) is 3.65. The molecule has 0 unspecified atom stereocenters. The molecule has 5 amide bonds. The van der Waals surface area contributed by atoms with Gasteiger partial charge < -0.3 is 41.9 Å². The van der Waals surface area contributed by atoms with E-state index in [1.165, 1.54) is 14.0 Å². The van der Waals surface area contributed by atoms with E-state index in [1.807, 2.05) is 0 Å². The summed E-state index contributed by atoms with van der Waals surface area (Å²) in [5.74, 6) is -5.11. The molecule has 32 heavy (non-hydrogen) atoms. The average molecular weight is 459 g/mol. The van der Waals surface area contributed by atoms with Gasteiger partial charge in [-0.05, 0) is 14.0 Å². The van der Waals surface area contributed by atoms with Crippen LogP contribution in [0.4, 0.5) is 0 Å². The number of nitrogens with two attached hydrogens (primary N) is 1. The lowest BCUT2D eigenvalue weighted by molar-refractivity contribution is -0.145. The van der Waals surface area contributed by atoms with E-state index >= 15 is 0 Å². The van der Waals surface area contributed by atoms with Crippen molar-refractivity contribution in [3.63, 3.8) is 0 Å². The Bertz CT molecular complexity index is 728. The Morgan fingerprint density at radius 2 is 1.28 bits per heavy atom. The van der Waals surface area contributed by atoms with Gasteiger partial charge in [0.2, 0.25) is 29.5 Å². The molecule has 0 aromatic carbocycles. The fourth-order valence-electron chi connectivity index (χ4n) is 2.11. The second kappa shape index (κ2) is 15.2. The highest BCUT2D eigenvalue weighted by molar-refractivity contribution is 5.92. The molecule has 0 bridgehead atoms. The van der Waals surface area contributed by atoms with Gasteiger partial charge in [-0.1, -0.05) is 0 Å². The number of hydrogen-bond acceptors (Lipinski definition) is 9. The van der Waals surface area contributed by atoms with Crippen molar-refractivity contribution in [3.8, 4) is 0 Å². The van der Waals surface area contributed by atoms with E-state index in [9.17, 15) is 33.6 Å². The van der Waals surface area contributed by atoms with Crippen molar-refractivity contribution < 1.29 is 38.7 Å². The van der Waals surface area contributed by atoms with E-state index < -0.39 is 61.7 Å². The zero-order chi connectivity index (χ0) is 24.7. The number of nitrogens with zero attached hydrogens (tertiary/aromatic N) is 2. The maximum absolute atomic E-state index is 12.4. The highest BCUT2D eigenvalue weighted by atomic mass is 16.4. The zero-order valence-electron chi connectivity index (χ0n) is 17.9. The Morgan fingerprint density at radius 3 is 1.78 bits per heavy atom. The minimum atomic E-state index is -1.32. The van der Waals surface area contributed by atoms with E-state index in [0.717, 1.165) is 9.80 Å². The molecule has 0 aliphatic heterocycles. The first-order valence-electron chi connectivity index (χ1n) is 9.41. The van der Waals surface area contributed by atoms with Crippen LogP contribution in [-0.2, 0) is 33.6 Å². The van der Waals surface area contributed by atoms with Crippen molar-refractivity contribution >= 4 is 41.3 Å². The van der Waals surface area contributed by atoms with Crippen LogP contribution in [0.25, 0.3) is 0 Å². The van der Waals surface area contributed by atoms with Crippen molar-refractivity contribution in [1.82, 2.24) is 31.1 Å². The third-order valence-corrected chi connectivity index (χ3v) is 3.65. The molecule has 180 valence electrons. The second-order valence-corrected chi connectivity index (χ2v) is 6.48. The minimum Gasteiger partial charge on any atom is -0.480 e. The van der Waals surface area contributed by atoms with Crippen molar-refractivity contribution in [2.75, 3.05) is 59.5 Å². The van der Waals surface area contributed by atoms with Gasteiger partial charge in [0.1, 0.15) is 25.4 Å². The summed E-state index contributed by atoms with van der Waals surface area (Å²) >= 11 is 0. The number of aliphatic carboxylic acids is 1. The van der Waals surface area contributed by atoms with Crippen molar-refractivity contribution in [1.29, 1.82) is 0 Å². The minimum absolute atomic E-state index is 0.191. The van der Waals surface area contributed by atoms with Gasteiger partial charge in [-0.25, -0.2) is 0 Å². The lowest BCUT2D eigenvalue weighted by Gasteiger charge is -2.23. The molecule has 0 heterocycles. The number of likely N-dealkylation sites (N-methyl/N-ethyl adjacent to an activating group) is 1. The third kappa shape index (κ3) is 12.9. The molecular weight excluding hydrogens is 430 g/mol. The Morgan fingerprint density at radius 1 is 0.750 bits per heavy atom. The Kier molecular flexibility index (Phi) is 13.5. The number of amides is 5. The SMILES string of the molecule is CNCC(=O)N(CC(=O)O)CC(=O)NCC(=O)N(CNC(=O)CN)CC(=O)NCC(C)=O. The molecule has 0 aromatic heterocycles. The number of rotatable bonds is 15. The highest BCUT2D eigenvalue weighted by Crippen LogP contribution is 1.92. The number of carboxylic acids is 1. The van der Waals surface area contributed by atoms with Crippen LogP contribution in [0.1, 0.15) is 6.92 Å². The normalized spacial score (nSPS) is 9.97. The smallest absolute Gasteiger partial charge is 0.323 e. The number of hydrogen-bond donors (Lipinski definition) is 6. The molecule has 0 spiro atoms. The van der Waals surface area contributed by atoms with Crippen molar-refractivity contribution in [3.05, 3.63) is 0 Å². The number of nitrogens with one attached hydrogen (secondary N) is 4. The second-order valence-electron chi connectivity index (χ2n) is 6.48. The van der Waals surface area contributed by atoms with Gasteiger partial charge in [-0.15, -0.1) is 0 Å². The van der Waals surface area contributed by atoms with Crippen LogP contribution in [0.5, 0.6) is 0 Å². The summed E-state index contributed by atoms with van der Waals surface area (Å²) in [5, 5.41) is 18.3. The average Bonchev–Trinajstić information content (AvgIpc) is 2.72. The number of carboxylic acid groups (broad SMARTS) is 1. The van der Waals surface area contributed by atoms with E-state index in [1.54, 1.807) is 0 Å². The molecule has 0 fully saturated rings. The first-order chi connectivity index (χ1) is 15.0. The van der Waals surface area contributed by atoms with Crippen LogP contribution in [0.3, 0.4) is 0 Å². The van der Waals surface area contributed by atoms with Crippen LogP contribution < -0.4 is 27.0 Å². The first-order valence-corrected chi connectivity index (χ1v) is 9.41. The zero-order valence-corrected chi connectivity index (χ0v) is 17.9. The van der Waals surface area contributed by atoms with Crippen LogP contribution in [0.15, 0.2) is 0 Å². The van der Waals surface area contributed by atoms with Crippen LogP contribution in [0, 0.1) is 0 Å². The van der Waals surface area contributed by atoms with Gasteiger partial charge in [-0.2, -0.15) is 0 Å². The fourth-order valence-corrected chi connectivity index (χ4v) is 2.11. The molecule has 7 N–H and O–H groups in total. The monoisotopic (exact) mass is 459 g/mol. The van der Waals surface area contributed by atoms with Crippen molar-refractivity contribution in [2.45, 2.75) is 6.92 Å². The largest absolute Gasteiger partial charge is 0.480 e. The predicted octanol–water partition coefficient (Wildman–Crippen LogP) is -5.20. The fraction of sp³-hybridized carbons (Fsp3) is 0.588. The number of carbonyl (C=O) groups excluding carboxylic acids is 6. The Balaban J connectivity index is 4.96. The van der Waals surface area contributed by atoms with Gasteiger partial charge in [0.15, 0.2) is 0 Å². The summed E-state index contributed by atoms with van der Waals surface area (Å²) in [7, 11) is 1.47. The van der Waals surface area contributed by atoms with Crippen LogP contribution in [0.2, 0.25) is 0 Å². The predicted molar refractivity (Wildman–Crippen MR) is 109 cm³/mol. The van der Waals surface area contributed by atoms with E-state index in [0.29, 0.717) is 0 Å². The molecule has 0 atom stereocenters. The quantitative estimate of drug-likeness (QED) is 0.128. The molecule has 0 aromatic rings. The lowest BCUT2D eigenvalue weighted by Crippen LogP contribution is -2.51. The van der Waals surface area contributed by atoms with Crippen LogP contribution >= 0.6 is 0 Å². The topological polar surface area (TPSA) is 220 Å².